The molecule has 1 N–H and O–H groups in total. The summed E-state index contributed by atoms with van der Waals surface area (Å²) < 4.78 is 0. The molecule has 0 unspecified atom stereocenters. The molecular formula is C14H16N4O. The number of nitrogens with zero attached hydrogens (tertiary/aromatic N) is 3. The maximum absolute atomic E-state index is 12.1. The zero-order valence-electron chi connectivity index (χ0n) is 10.9. The summed E-state index contributed by atoms with van der Waals surface area (Å²) in [6, 6.07) is 3.81. The smallest absolute Gasteiger partial charge is 0.274 e. The zero-order chi connectivity index (χ0) is 13.2. The van der Waals surface area contributed by atoms with Gasteiger partial charge < -0.3 is 4.90 Å². The van der Waals surface area contributed by atoms with E-state index >= 15 is 0 Å². The van der Waals surface area contributed by atoms with Crippen LogP contribution in [0.5, 0.6) is 0 Å². The molecule has 0 saturated carbocycles. The fourth-order valence-electron chi connectivity index (χ4n) is 2.57. The molecule has 0 amide bonds. The normalized spacial score (nSPS) is 14.9. The maximum atomic E-state index is 12.1. The molecule has 0 radical (unpaired) electrons. The van der Waals surface area contributed by atoms with E-state index in [9.17, 15) is 4.79 Å². The van der Waals surface area contributed by atoms with Crippen LogP contribution in [0.1, 0.15) is 18.5 Å². The number of anilines is 1. The first-order valence-corrected chi connectivity index (χ1v) is 6.51. The molecule has 3 heterocycles. The van der Waals surface area contributed by atoms with Crippen molar-refractivity contribution in [3.63, 3.8) is 0 Å². The third-order valence-corrected chi connectivity index (χ3v) is 3.47. The van der Waals surface area contributed by atoms with E-state index in [-0.39, 0.29) is 5.56 Å². The Morgan fingerprint density at radius 1 is 1.32 bits per heavy atom. The van der Waals surface area contributed by atoms with Crippen molar-refractivity contribution in [3.8, 4) is 11.1 Å². The van der Waals surface area contributed by atoms with Crippen LogP contribution in [0.3, 0.4) is 0 Å². The second-order valence-electron chi connectivity index (χ2n) is 4.84. The van der Waals surface area contributed by atoms with E-state index < -0.39 is 0 Å². The van der Waals surface area contributed by atoms with E-state index in [0.29, 0.717) is 5.56 Å². The second-order valence-corrected chi connectivity index (χ2v) is 4.84. The topological polar surface area (TPSA) is 61.9 Å². The Morgan fingerprint density at radius 3 is 2.84 bits per heavy atom. The number of aromatic nitrogens is 3. The Kier molecular flexibility index (Phi) is 3.03. The number of aromatic amines is 1. The minimum absolute atomic E-state index is 0.144. The van der Waals surface area contributed by atoms with Crippen LogP contribution in [0.4, 0.5) is 5.69 Å². The van der Waals surface area contributed by atoms with Crippen molar-refractivity contribution in [2.45, 2.75) is 19.8 Å². The van der Waals surface area contributed by atoms with Gasteiger partial charge in [0.1, 0.15) is 0 Å². The molecule has 1 aliphatic heterocycles. The Labute approximate surface area is 111 Å². The van der Waals surface area contributed by atoms with E-state index in [4.69, 9.17) is 0 Å². The monoisotopic (exact) mass is 256 g/mol. The lowest BCUT2D eigenvalue weighted by Crippen LogP contribution is -2.23. The highest BCUT2D eigenvalue weighted by Gasteiger charge is 2.19. The van der Waals surface area contributed by atoms with Crippen LogP contribution in [-0.4, -0.2) is 28.3 Å². The van der Waals surface area contributed by atoms with Crippen LogP contribution in [-0.2, 0) is 0 Å². The summed E-state index contributed by atoms with van der Waals surface area (Å²) in [5, 5.41) is 6.47. The maximum Gasteiger partial charge on any atom is 0.274 e. The average molecular weight is 256 g/mol. The van der Waals surface area contributed by atoms with Gasteiger partial charge in [-0.25, -0.2) is 5.10 Å². The fraction of sp³-hybridized carbons (Fsp3) is 0.357. The van der Waals surface area contributed by atoms with Crippen LogP contribution in [0.25, 0.3) is 11.1 Å². The van der Waals surface area contributed by atoms with Crippen molar-refractivity contribution in [2.75, 3.05) is 18.0 Å². The van der Waals surface area contributed by atoms with Crippen molar-refractivity contribution >= 4 is 5.69 Å². The number of rotatable bonds is 2. The molecular weight excluding hydrogens is 240 g/mol. The van der Waals surface area contributed by atoms with Crippen LogP contribution >= 0.6 is 0 Å². The fourth-order valence-corrected chi connectivity index (χ4v) is 2.57. The molecule has 2 aromatic heterocycles. The van der Waals surface area contributed by atoms with Gasteiger partial charge in [-0.2, -0.15) is 5.10 Å². The lowest BCUT2D eigenvalue weighted by molar-refractivity contribution is 0.924. The van der Waals surface area contributed by atoms with Crippen molar-refractivity contribution in [2.24, 2.45) is 0 Å². The van der Waals surface area contributed by atoms with Gasteiger partial charge in [0, 0.05) is 25.0 Å². The summed E-state index contributed by atoms with van der Waals surface area (Å²) in [5.74, 6) is 0. The highest BCUT2D eigenvalue weighted by Crippen LogP contribution is 2.28. The molecule has 0 bridgehead atoms. The minimum atomic E-state index is -0.144. The van der Waals surface area contributed by atoms with Crippen LogP contribution in [0.15, 0.2) is 29.3 Å². The Bertz CT molecular complexity index is 644. The molecule has 19 heavy (non-hydrogen) atoms. The standard InChI is InChI=1S/C14H16N4O/c1-10-8-11(4-5-15-10)13-12(9-16-17-14(13)19)18-6-2-3-7-18/h4-5,8-9H,2-3,6-7H2,1H3,(H,17,19). The average Bonchev–Trinajstić information content (AvgIpc) is 2.92. The first-order chi connectivity index (χ1) is 9.25. The number of aryl methyl sites for hydroxylation is 1. The van der Waals surface area contributed by atoms with E-state index in [0.717, 1.165) is 30.0 Å². The highest BCUT2D eigenvalue weighted by molar-refractivity contribution is 5.77. The van der Waals surface area contributed by atoms with E-state index in [1.165, 1.54) is 12.8 Å². The molecule has 1 saturated heterocycles. The van der Waals surface area contributed by atoms with Gasteiger partial charge in [0.15, 0.2) is 0 Å². The van der Waals surface area contributed by atoms with E-state index in [1.54, 1.807) is 12.4 Å². The SMILES string of the molecule is Cc1cc(-c2c(N3CCCC3)cn[nH]c2=O)ccn1. The van der Waals surface area contributed by atoms with Gasteiger partial charge in [-0.3, -0.25) is 9.78 Å². The zero-order valence-corrected chi connectivity index (χ0v) is 10.9. The number of pyridine rings is 1. The van der Waals surface area contributed by atoms with E-state index in [2.05, 4.69) is 20.1 Å². The number of hydrogen-bond donors (Lipinski definition) is 1. The van der Waals surface area contributed by atoms with Gasteiger partial charge in [0.25, 0.3) is 5.56 Å². The quantitative estimate of drug-likeness (QED) is 0.889. The molecule has 1 aliphatic rings. The number of nitrogens with one attached hydrogen (secondary N) is 1. The van der Waals surface area contributed by atoms with Crippen molar-refractivity contribution in [3.05, 3.63) is 40.6 Å². The Morgan fingerprint density at radius 2 is 2.11 bits per heavy atom. The summed E-state index contributed by atoms with van der Waals surface area (Å²) in [4.78, 5) is 18.6. The number of H-pyrrole nitrogens is 1. The molecule has 0 atom stereocenters. The predicted octanol–water partition coefficient (Wildman–Crippen LogP) is 1.74. The van der Waals surface area contributed by atoms with Crippen molar-refractivity contribution < 1.29 is 0 Å². The largest absolute Gasteiger partial charge is 0.370 e. The lowest BCUT2D eigenvalue weighted by Gasteiger charge is -2.20. The Balaban J connectivity index is 2.16. The summed E-state index contributed by atoms with van der Waals surface area (Å²) in [6.07, 6.45) is 5.82. The minimum Gasteiger partial charge on any atom is -0.370 e. The highest BCUT2D eigenvalue weighted by atomic mass is 16.1. The molecule has 5 heteroatoms. The molecule has 0 spiro atoms. The van der Waals surface area contributed by atoms with Gasteiger partial charge in [-0.15, -0.1) is 0 Å². The third-order valence-electron chi connectivity index (χ3n) is 3.47. The predicted molar refractivity (Wildman–Crippen MR) is 74.3 cm³/mol. The molecule has 0 aliphatic carbocycles. The lowest BCUT2D eigenvalue weighted by atomic mass is 10.1. The second kappa shape index (κ2) is 4.84. The van der Waals surface area contributed by atoms with Gasteiger partial charge in [-0.1, -0.05) is 0 Å². The summed E-state index contributed by atoms with van der Waals surface area (Å²) in [5.41, 5.74) is 3.28. The number of hydrogen-bond acceptors (Lipinski definition) is 4. The summed E-state index contributed by atoms with van der Waals surface area (Å²) in [7, 11) is 0. The van der Waals surface area contributed by atoms with Crippen molar-refractivity contribution in [1.82, 2.24) is 15.2 Å². The van der Waals surface area contributed by atoms with Crippen LogP contribution < -0.4 is 10.5 Å². The van der Waals surface area contributed by atoms with Crippen LogP contribution in [0, 0.1) is 6.92 Å². The third kappa shape index (κ3) is 2.23. The first kappa shape index (κ1) is 11.9. The van der Waals surface area contributed by atoms with Gasteiger partial charge in [-0.05, 0) is 37.5 Å². The molecule has 98 valence electrons. The van der Waals surface area contributed by atoms with Crippen molar-refractivity contribution in [1.29, 1.82) is 0 Å². The van der Waals surface area contributed by atoms with Gasteiger partial charge in [0.05, 0.1) is 17.4 Å². The molecule has 0 aromatic carbocycles. The Hall–Kier alpha value is -2.17. The summed E-state index contributed by atoms with van der Waals surface area (Å²) >= 11 is 0. The van der Waals surface area contributed by atoms with Crippen LogP contribution in [0.2, 0.25) is 0 Å². The molecule has 1 fully saturated rings. The molecule has 3 rings (SSSR count). The summed E-state index contributed by atoms with van der Waals surface area (Å²) in [6.45, 7) is 3.90. The molecule has 2 aromatic rings. The first-order valence-electron chi connectivity index (χ1n) is 6.51. The van der Waals surface area contributed by atoms with E-state index in [1.807, 2.05) is 19.1 Å². The van der Waals surface area contributed by atoms with Gasteiger partial charge in [0.2, 0.25) is 0 Å². The molecule has 5 nitrogen and oxygen atoms in total. The van der Waals surface area contributed by atoms with Gasteiger partial charge >= 0.3 is 0 Å².